The third-order valence-corrected chi connectivity index (χ3v) is 4.48. The third kappa shape index (κ3) is 3.77. The van der Waals surface area contributed by atoms with Gasteiger partial charge in [0.1, 0.15) is 17.0 Å². The molecule has 0 aliphatic rings. The van der Waals surface area contributed by atoms with Crippen molar-refractivity contribution in [2.45, 2.75) is 6.92 Å². The monoisotopic (exact) mass is 414 g/mol. The van der Waals surface area contributed by atoms with Crippen LogP contribution >= 0.6 is 46.4 Å². The van der Waals surface area contributed by atoms with Crippen LogP contribution in [0.5, 0.6) is 0 Å². The average molecular weight is 416 g/mol. The van der Waals surface area contributed by atoms with Crippen LogP contribution < -0.4 is 5.32 Å². The van der Waals surface area contributed by atoms with Crippen molar-refractivity contribution in [2.75, 3.05) is 5.32 Å². The number of carbonyl (C=O) groups is 1. The summed E-state index contributed by atoms with van der Waals surface area (Å²) in [6.45, 7) is 1.63. The van der Waals surface area contributed by atoms with E-state index in [2.05, 4.69) is 10.5 Å². The van der Waals surface area contributed by atoms with Gasteiger partial charge in [-0.3, -0.25) is 4.79 Å². The Morgan fingerprint density at radius 3 is 2.24 bits per heavy atom. The van der Waals surface area contributed by atoms with Gasteiger partial charge in [-0.2, -0.15) is 0 Å². The molecule has 128 valence electrons. The summed E-state index contributed by atoms with van der Waals surface area (Å²) in [6.07, 6.45) is 0. The van der Waals surface area contributed by atoms with Crippen molar-refractivity contribution in [3.63, 3.8) is 0 Å². The van der Waals surface area contributed by atoms with E-state index >= 15 is 0 Å². The van der Waals surface area contributed by atoms with Crippen molar-refractivity contribution >= 4 is 58.0 Å². The number of aryl methyl sites for hydroxylation is 1. The number of halogens is 4. The number of rotatable bonds is 3. The highest BCUT2D eigenvalue weighted by molar-refractivity contribution is 6.39. The highest BCUT2D eigenvalue weighted by Gasteiger charge is 2.25. The van der Waals surface area contributed by atoms with Crippen molar-refractivity contribution in [1.82, 2.24) is 5.16 Å². The van der Waals surface area contributed by atoms with Crippen LogP contribution in [0.3, 0.4) is 0 Å². The fourth-order valence-corrected chi connectivity index (χ4v) is 3.46. The highest BCUT2D eigenvalue weighted by atomic mass is 35.5. The summed E-state index contributed by atoms with van der Waals surface area (Å²) in [4.78, 5) is 12.8. The van der Waals surface area contributed by atoms with E-state index in [1.54, 1.807) is 43.3 Å². The number of aromatic nitrogens is 1. The smallest absolute Gasteiger partial charge is 0.261 e. The lowest BCUT2D eigenvalue weighted by Gasteiger charge is -2.08. The largest absolute Gasteiger partial charge is 0.360 e. The van der Waals surface area contributed by atoms with E-state index in [4.69, 9.17) is 50.9 Å². The van der Waals surface area contributed by atoms with Gasteiger partial charge in [0, 0.05) is 21.3 Å². The molecule has 0 aliphatic carbocycles. The second-order valence-electron chi connectivity index (χ2n) is 5.17. The lowest BCUT2D eigenvalue weighted by atomic mass is 10.1. The van der Waals surface area contributed by atoms with E-state index in [9.17, 15) is 4.79 Å². The summed E-state index contributed by atoms with van der Waals surface area (Å²) in [6, 6.07) is 9.75. The van der Waals surface area contributed by atoms with Crippen LogP contribution in [-0.4, -0.2) is 11.1 Å². The Labute approximate surface area is 163 Å². The SMILES string of the molecule is Cc1onc(-c2c(Cl)cccc2Cl)c1C(=O)Nc1cc(Cl)cc(Cl)c1. The van der Waals surface area contributed by atoms with Crippen LogP contribution in [-0.2, 0) is 0 Å². The number of nitrogens with zero attached hydrogens (tertiary/aromatic N) is 1. The Kier molecular flexibility index (Phi) is 5.25. The molecule has 1 heterocycles. The molecule has 25 heavy (non-hydrogen) atoms. The summed E-state index contributed by atoms with van der Waals surface area (Å²) in [5.41, 5.74) is 1.36. The molecule has 8 heteroatoms. The quantitative estimate of drug-likeness (QED) is 0.529. The maximum Gasteiger partial charge on any atom is 0.261 e. The van der Waals surface area contributed by atoms with Crippen LogP contribution in [0, 0.1) is 6.92 Å². The van der Waals surface area contributed by atoms with Gasteiger partial charge in [-0.1, -0.05) is 57.6 Å². The molecule has 0 saturated carbocycles. The Morgan fingerprint density at radius 2 is 1.64 bits per heavy atom. The molecular weight excluding hydrogens is 406 g/mol. The number of carbonyl (C=O) groups excluding carboxylic acids is 1. The molecule has 1 N–H and O–H groups in total. The van der Waals surface area contributed by atoms with Crippen molar-refractivity contribution < 1.29 is 9.32 Å². The molecule has 1 aromatic heterocycles. The first kappa shape index (κ1) is 18.1. The standard InChI is InChI=1S/C17H10Cl4N2O2/c1-8-14(17(24)22-11-6-9(18)5-10(19)7-11)16(23-25-8)15-12(20)3-2-4-13(15)21/h2-7H,1H3,(H,22,24). The second kappa shape index (κ2) is 7.26. The van der Waals surface area contributed by atoms with Gasteiger partial charge in [0.05, 0.1) is 10.0 Å². The average Bonchev–Trinajstić information content (AvgIpc) is 2.87. The Balaban J connectivity index is 2.03. The fourth-order valence-electron chi connectivity index (χ4n) is 2.35. The van der Waals surface area contributed by atoms with Crippen LogP contribution in [0.15, 0.2) is 40.9 Å². The molecule has 0 spiro atoms. The number of hydrogen-bond donors (Lipinski definition) is 1. The zero-order valence-electron chi connectivity index (χ0n) is 12.7. The maximum absolute atomic E-state index is 12.8. The normalized spacial score (nSPS) is 10.8. The van der Waals surface area contributed by atoms with Gasteiger partial charge in [-0.05, 0) is 37.3 Å². The molecule has 2 aromatic carbocycles. The van der Waals surface area contributed by atoms with Gasteiger partial charge in [-0.15, -0.1) is 0 Å². The summed E-state index contributed by atoms with van der Waals surface area (Å²) in [5.74, 6) is -0.111. The zero-order chi connectivity index (χ0) is 18.1. The van der Waals surface area contributed by atoms with Gasteiger partial charge in [0.25, 0.3) is 5.91 Å². The number of benzene rings is 2. The molecule has 0 atom stereocenters. The first-order valence-electron chi connectivity index (χ1n) is 7.05. The van der Waals surface area contributed by atoms with E-state index < -0.39 is 5.91 Å². The van der Waals surface area contributed by atoms with Crippen molar-refractivity contribution in [2.24, 2.45) is 0 Å². The number of amides is 1. The summed E-state index contributed by atoms with van der Waals surface area (Å²) < 4.78 is 5.19. The van der Waals surface area contributed by atoms with Crippen molar-refractivity contribution in [3.8, 4) is 11.3 Å². The third-order valence-electron chi connectivity index (χ3n) is 3.41. The fraction of sp³-hybridized carbons (Fsp3) is 0.0588. The first-order chi connectivity index (χ1) is 11.9. The first-order valence-corrected chi connectivity index (χ1v) is 8.56. The van der Waals surface area contributed by atoms with E-state index in [0.29, 0.717) is 37.1 Å². The molecule has 0 unspecified atom stereocenters. The Morgan fingerprint density at radius 1 is 1.04 bits per heavy atom. The van der Waals surface area contributed by atoms with Crippen molar-refractivity contribution in [3.05, 3.63) is 67.8 Å². The second-order valence-corrected chi connectivity index (χ2v) is 6.86. The van der Waals surface area contributed by atoms with Crippen molar-refractivity contribution in [1.29, 1.82) is 0 Å². The molecular formula is C17H10Cl4N2O2. The lowest BCUT2D eigenvalue weighted by molar-refractivity contribution is 0.102. The molecule has 3 rings (SSSR count). The molecule has 0 fully saturated rings. The molecule has 1 amide bonds. The molecule has 0 radical (unpaired) electrons. The van der Waals surface area contributed by atoms with E-state index in [1.165, 1.54) is 0 Å². The van der Waals surface area contributed by atoms with Crippen LogP contribution in [0.2, 0.25) is 20.1 Å². The minimum atomic E-state index is -0.442. The van der Waals surface area contributed by atoms with Crippen LogP contribution in [0.25, 0.3) is 11.3 Å². The lowest BCUT2D eigenvalue weighted by Crippen LogP contribution is -2.13. The van der Waals surface area contributed by atoms with Gasteiger partial charge in [0.2, 0.25) is 0 Å². The summed E-state index contributed by atoms with van der Waals surface area (Å²) >= 11 is 24.4. The van der Waals surface area contributed by atoms with E-state index in [0.717, 1.165) is 0 Å². The molecule has 3 aromatic rings. The molecule has 0 aliphatic heterocycles. The molecule has 4 nitrogen and oxygen atoms in total. The minimum Gasteiger partial charge on any atom is -0.360 e. The van der Waals surface area contributed by atoms with Gasteiger partial charge < -0.3 is 9.84 Å². The topological polar surface area (TPSA) is 55.1 Å². The van der Waals surface area contributed by atoms with E-state index in [1.807, 2.05) is 0 Å². The number of anilines is 1. The minimum absolute atomic E-state index is 0.228. The number of nitrogens with one attached hydrogen (secondary N) is 1. The van der Waals surface area contributed by atoms with Crippen LogP contribution in [0.1, 0.15) is 16.1 Å². The predicted molar refractivity (Wildman–Crippen MR) is 101 cm³/mol. The summed E-state index contributed by atoms with van der Waals surface area (Å²) in [5, 5.41) is 8.20. The maximum atomic E-state index is 12.8. The van der Waals surface area contributed by atoms with Crippen LogP contribution in [0.4, 0.5) is 5.69 Å². The van der Waals surface area contributed by atoms with E-state index in [-0.39, 0.29) is 11.3 Å². The number of hydrogen-bond acceptors (Lipinski definition) is 3. The van der Waals surface area contributed by atoms with Gasteiger partial charge in [-0.25, -0.2) is 0 Å². The zero-order valence-corrected chi connectivity index (χ0v) is 15.8. The Bertz CT molecular complexity index is 929. The summed E-state index contributed by atoms with van der Waals surface area (Å²) in [7, 11) is 0. The molecule has 0 bridgehead atoms. The Hall–Kier alpha value is -1.72. The van der Waals surface area contributed by atoms with Gasteiger partial charge in [0.15, 0.2) is 0 Å². The predicted octanol–water partition coefficient (Wildman–Crippen LogP) is 6.52. The molecule has 0 saturated heterocycles. The highest BCUT2D eigenvalue weighted by Crippen LogP contribution is 2.37. The van der Waals surface area contributed by atoms with Gasteiger partial charge >= 0.3 is 0 Å².